The van der Waals surface area contributed by atoms with Crippen LogP contribution in [0.15, 0.2) is 102 Å². The van der Waals surface area contributed by atoms with Crippen molar-refractivity contribution in [2.24, 2.45) is 0 Å². The van der Waals surface area contributed by atoms with Crippen molar-refractivity contribution in [1.29, 1.82) is 0 Å². The van der Waals surface area contributed by atoms with Gasteiger partial charge in [0.1, 0.15) is 6.04 Å². The SMILES string of the molecule is O=C(NC(Cc1ccccc1)C(=O)O)c1ccccc1NS(=O)(=O)c1cccc2ccccc12. The highest BCUT2D eigenvalue weighted by molar-refractivity contribution is 7.93. The Morgan fingerprint density at radius 1 is 0.794 bits per heavy atom. The van der Waals surface area contributed by atoms with Gasteiger partial charge in [-0.2, -0.15) is 0 Å². The molecule has 0 heterocycles. The van der Waals surface area contributed by atoms with Crippen LogP contribution in [0.5, 0.6) is 0 Å². The second-order valence-electron chi connectivity index (χ2n) is 7.68. The number of carbonyl (C=O) groups excluding carboxylic acids is 1. The number of carbonyl (C=O) groups is 2. The maximum Gasteiger partial charge on any atom is 0.326 e. The van der Waals surface area contributed by atoms with Crippen molar-refractivity contribution in [2.75, 3.05) is 4.72 Å². The molecule has 1 atom stereocenters. The van der Waals surface area contributed by atoms with Crippen LogP contribution in [0.3, 0.4) is 0 Å². The van der Waals surface area contributed by atoms with Crippen LogP contribution >= 0.6 is 0 Å². The van der Waals surface area contributed by atoms with Gasteiger partial charge in [-0.05, 0) is 29.1 Å². The summed E-state index contributed by atoms with van der Waals surface area (Å²) < 4.78 is 28.9. The molecule has 172 valence electrons. The lowest BCUT2D eigenvalue weighted by atomic mass is 10.1. The van der Waals surface area contributed by atoms with E-state index in [4.69, 9.17) is 0 Å². The van der Waals surface area contributed by atoms with Crippen LogP contribution in [0.4, 0.5) is 5.69 Å². The Morgan fingerprint density at radius 3 is 2.21 bits per heavy atom. The van der Waals surface area contributed by atoms with Gasteiger partial charge in [-0.15, -0.1) is 0 Å². The number of hydrogen-bond acceptors (Lipinski definition) is 4. The molecule has 0 aromatic heterocycles. The van der Waals surface area contributed by atoms with E-state index < -0.39 is 27.9 Å². The number of para-hydroxylation sites is 1. The lowest BCUT2D eigenvalue weighted by Crippen LogP contribution is -2.42. The molecule has 1 amide bonds. The molecule has 0 aliphatic heterocycles. The standard InChI is InChI=1S/C26H22N2O5S/c29-25(27-23(26(30)31)17-18-9-2-1-3-10-18)21-14-6-7-15-22(21)28-34(32,33)24-16-8-12-19-11-4-5-13-20(19)24/h1-16,23,28H,17H2,(H,27,29)(H,30,31). The first-order valence-electron chi connectivity index (χ1n) is 10.5. The first kappa shape index (κ1) is 23.0. The Morgan fingerprint density at radius 2 is 1.44 bits per heavy atom. The highest BCUT2D eigenvalue weighted by atomic mass is 32.2. The molecule has 0 spiro atoms. The highest BCUT2D eigenvalue weighted by Gasteiger charge is 2.24. The molecule has 4 rings (SSSR count). The fourth-order valence-corrected chi connectivity index (χ4v) is 5.00. The fourth-order valence-electron chi connectivity index (χ4n) is 3.69. The minimum absolute atomic E-state index is 0.0191. The average molecular weight is 475 g/mol. The number of carboxylic acids is 1. The number of nitrogens with one attached hydrogen (secondary N) is 2. The summed E-state index contributed by atoms with van der Waals surface area (Å²) in [4.78, 5) is 24.8. The van der Waals surface area contributed by atoms with Gasteiger partial charge < -0.3 is 10.4 Å². The molecule has 4 aromatic carbocycles. The Kier molecular flexibility index (Phi) is 6.60. The van der Waals surface area contributed by atoms with Crippen molar-refractivity contribution >= 4 is 38.4 Å². The van der Waals surface area contributed by atoms with E-state index in [9.17, 15) is 23.1 Å². The minimum atomic E-state index is -4.04. The highest BCUT2D eigenvalue weighted by Crippen LogP contribution is 2.26. The summed E-state index contributed by atoms with van der Waals surface area (Å²) in [5.74, 6) is -1.88. The molecule has 0 saturated heterocycles. The molecule has 4 aromatic rings. The topological polar surface area (TPSA) is 113 Å². The van der Waals surface area contributed by atoms with Crippen LogP contribution < -0.4 is 10.0 Å². The van der Waals surface area contributed by atoms with E-state index in [0.717, 1.165) is 10.9 Å². The molecule has 34 heavy (non-hydrogen) atoms. The van der Waals surface area contributed by atoms with Crippen molar-refractivity contribution in [3.8, 4) is 0 Å². The number of aliphatic carboxylic acids is 1. The first-order valence-corrected chi connectivity index (χ1v) is 12.0. The van der Waals surface area contributed by atoms with Gasteiger partial charge in [0.15, 0.2) is 0 Å². The van der Waals surface area contributed by atoms with Gasteiger partial charge in [-0.3, -0.25) is 9.52 Å². The second kappa shape index (κ2) is 9.76. The molecular formula is C26H22N2O5S. The molecule has 3 N–H and O–H groups in total. The zero-order valence-corrected chi connectivity index (χ0v) is 18.8. The number of amides is 1. The number of rotatable bonds is 8. The van der Waals surface area contributed by atoms with E-state index in [2.05, 4.69) is 10.0 Å². The van der Waals surface area contributed by atoms with Crippen molar-refractivity contribution in [2.45, 2.75) is 17.4 Å². The van der Waals surface area contributed by atoms with Crippen molar-refractivity contribution in [3.63, 3.8) is 0 Å². The summed E-state index contributed by atoms with van der Waals surface area (Å²) in [5.41, 5.74) is 0.822. The summed E-state index contributed by atoms with van der Waals surface area (Å²) in [5, 5.41) is 13.4. The lowest BCUT2D eigenvalue weighted by molar-refractivity contribution is -0.139. The van der Waals surface area contributed by atoms with Crippen LogP contribution in [0.25, 0.3) is 10.8 Å². The number of sulfonamides is 1. The van der Waals surface area contributed by atoms with E-state index in [0.29, 0.717) is 5.39 Å². The van der Waals surface area contributed by atoms with Crippen molar-refractivity contribution in [3.05, 3.63) is 108 Å². The largest absolute Gasteiger partial charge is 0.480 e. The Bertz CT molecular complexity index is 1450. The van der Waals surface area contributed by atoms with Crippen LogP contribution in [-0.2, 0) is 21.2 Å². The zero-order valence-electron chi connectivity index (χ0n) is 18.0. The van der Waals surface area contributed by atoms with Gasteiger partial charge in [0, 0.05) is 11.8 Å². The smallest absolute Gasteiger partial charge is 0.326 e. The van der Waals surface area contributed by atoms with Gasteiger partial charge >= 0.3 is 5.97 Å². The van der Waals surface area contributed by atoms with Gasteiger partial charge in [-0.25, -0.2) is 13.2 Å². The molecule has 0 aliphatic carbocycles. The summed E-state index contributed by atoms with van der Waals surface area (Å²) in [6.45, 7) is 0. The predicted molar refractivity (Wildman–Crippen MR) is 130 cm³/mol. The monoisotopic (exact) mass is 474 g/mol. The normalized spacial score (nSPS) is 12.1. The van der Waals surface area contributed by atoms with Crippen LogP contribution in [0.1, 0.15) is 15.9 Å². The Hall–Kier alpha value is -4.17. The number of anilines is 1. The van der Waals surface area contributed by atoms with Gasteiger partial charge in [0.2, 0.25) is 0 Å². The third-order valence-corrected chi connectivity index (χ3v) is 6.76. The van der Waals surface area contributed by atoms with E-state index in [1.54, 1.807) is 54.6 Å². The van der Waals surface area contributed by atoms with Gasteiger partial charge in [0.25, 0.3) is 15.9 Å². The third-order valence-electron chi connectivity index (χ3n) is 5.34. The molecular weight excluding hydrogens is 452 g/mol. The minimum Gasteiger partial charge on any atom is -0.480 e. The second-order valence-corrected chi connectivity index (χ2v) is 9.33. The summed E-state index contributed by atoms with van der Waals surface area (Å²) in [7, 11) is -4.04. The molecule has 1 unspecified atom stereocenters. The van der Waals surface area contributed by atoms with E-state index in [1.807, 2.05) is 24.3 Å². The molecule has 0 fully saturated rings. The molecule has 0 radical (unpaired) electrons. The fraction of sp³-hybridized carbons (Fsp3) is 0.0769. The average Bonchev–Trinajstić information content (AvgIpc) is 2.84. The third kappa shape index (κ3) is 5.07. The summed E-state index contributed by atoms with van der Waals surface area (Å²) in [6.07, 6.45) is 0.0891. The van der Waals surface area contributed by atoms with Crippen molar-refractivity contribution in [1.82, 2.24) is 5.32 Å². The molecule has 0 bridgehead atoms. The van der Waals surface area contributed by atoms with Gasteiger partial charge in [0.05, 0.1) is 16.1 Å². The van der Waals surface area contributed by atoms with E-state index in [1.165, 1.54) is 18.2 Å². The number of hydrogen-bond donors (Lipinski definition) is 3. The number of benzene rings is 4. The van der Waals surface area contributed by atoms with E-state index in [-0.39, 0.29) is 22.6 Å². The van der Waals surface area contributed by atoms with Crippen LogP contribution in [0.2, 0.25) is 0 Å². The quantitative estimate of drug-likeness (QED) is 0.356. The number of fused-ring (bicyclic) bond motifs is 1. The Balaban J connectivity index is 1.61. The summed E-state index contributed by atoms with van der Waals surface area (Å²) >= 11 is 0. The predicted octanol–water partition coefficient (Wildman–Crippen LogP) is 4.07. The molecule has 7 nitrogen and oxygen atoms in total. The molecule has 0 aliphatic rings. The molecule has 8 heteroatoms. The summed E-state index contributed by atoms with van der Waals surface area (Å²) in [6, 6.07) is 25.9. The Labute approximate surface area is 197 Å². The van der Waals surface area contributed by atoms with Crippen molar-refractivity contribution < 1.29 is 23.1 Å². The first-order chi connectivity index (χ1) is 16.3. The van der Waals surface area contributed by atoms with Gasteiger partial charge in [-0.1, -0.05) is 78.9 Å². The molecule has 0 saturated carbocycles. The van der Waals surface area contributed by atoms with E-state index >= 15 is 0 Å². The van der Waals surface area contributed by atoms with Crippen LogP contribution in [0, 0.1) is 0 Å². The lowest BCUT2D eigenvalue weighted by Gasteiger charge is -2.17. The zero-order chi connectivity index (χ0) is 24.1. The number of carboxylic acid groups (broad SMARTS) is 1. The van der Waals surface area contributed by atoms with Crippen LogP contribution in [-0.4, -0.2) is 31.4 Å². The maximum atomic E-state index is 13.2. The maximum absolute atomic E-state index is 13.2.